The monoisotopic (exact) mass is 264 g/mol. The van der Waals surface area contributed by atoms with Gasteiger partial charge in [-0.2, -0.15) is 4.89 Å². The lowest BCUT2D eigenvalue weighted by molar-refractivity contribution is -0.194. The number of hydrogen-bond donors (Lipinski definition) is 1. The van der Waals surface area contributed by atoms with Gasteiger partial charge in [0.05, 0.1) is 6.54 Å². The van der Waals surface area contributed by atoms with E-state index in [9.17, 15) is 9.59 Å². The van der Waals surface area contributed by atoms with Crippen LogP contribution in [0.4, 0.5) is 4.79 Å². The van der Waals surface area contributed by atoms with Gasteiger partial charge < -0.3 is 4.89 Å². The molecule has 3 amide bonds. The molecule has 1 saturated heterocycles. The fourth-order valence-electron chi connectivity index (χ4n) is 1.90. The third kappa shape index (κ3) is 2.51. The third-order valence-corrected chi connectivity index (χ3v) is 2.89. The van der Waals surface area contributed by atoms with E-state index in [0.29, 0.717) is 12.4 Å². The Labute approximate surface area is 108 Å². The van der Waals surface area contributed by atoms with Crippen molar-refractivity contribution in [3.63, 3.8) is 0 Å². The smallest absolute Gasteiger partial charge is 0.337 e. The molecule has 0 atom stereocenters. The SMILES string of the molecule is O=C1CCN(OCc2ccc3c(c2)COO3)C(=O)N1. The van der Waals surface area contributed by atoms with Crippen molar-refractivity contribution in [1.82, 2.24) is 10.4 Å². The van der Waals surface area contributed by atoms with E-state index >= 15 is 0 Å². The van der Waals surface area contributed by atoms with Crippen molar-refractivity contribution < 1.29 is 24.2 Å². The predicted molar refractivity (Wildman–Crippen MR) is 61.5 cm³/mol. The number of nitrogens with one attached hydrogen (secondary N) is 1. The fraction of sp³-hybridized carbons (Fsp3) is 0.333. The lowest BCUT2D eigenvalue weighted by atomic mass is 10.1. The van der Waals surface area contributed by atoms with E-state index in [-0.39, 0.29) is 25.5 Å². The van der Waals surface area contributed by atoms with Gasteiger partial charge in [0.1, 0.15) is 13.2 Å². The quantitative estimate of drug-likeness (QED) is 0.820. The minimum absolute atomic E-state index is 0.245. The van der Waals surface area contributed by atoms with E-state index in [2.05, 4.69) is 5.32 Å². The zero-order valence-electron chi connectivity index (χ0n) is 10.0. The molecule has 2 aliphatic rings. The van der Waals surface area contributed by atoms with E-state index in [1.54, 1.807) is 6.07 Å². The minimum Gasteiger partial charge on any atom is -0.337 e. The van der Waals surface area contributed by atoms with Crippen molar-refractivity contribution in [2.45, 2.75) is 19.6 Å². The molecule has 0 spiro atoms. The largest absolute Gasteiger partial charge is 0.347 e. The molecule has 1 aromatic carbocycles. The number of carbonyl (C=O) groups excluding carboxylic acids is 2. The van der Waals surface area contributed by atoms with Crippen molar-refractivity contribution in [2.75, 3.05) is 6.54 Å². The number of urea groups is 1. The maximum atomic E-state index is 11.4. The zero-order valence-corrected chi connectivity index (χ0v) is 10.0. The molecule has 0 aromatic heterocycles. The van der Waals surface area contributed by atoms with Gasteiger partial charge in [0.15, 0.2) is 5.75 Å². The molecular weight excluding hydrogens is 252 g/mol. The molecule has 1 N–H and O–H groups in total. The van der Waals surface area contributed by atoms with Crippen molar-refractivity contribution in [2.24, 2.45) is 0 Å². The summed E-state index contributed by atoms with van der Waals surface area (Å²) in [5.41, 5.74) is 1.84. The van der Waals surface area contributed by atoms with E-state index in [4.69, 9.17) is 14.6 Å². The molecule has 0 unspecified atom stereocenters. The number of fused-ring (bicyclic) bond motifs is 1. The molecule has 19 heavy (non-hydrogen) atoms. The number of benzene rings is 1. The van der Waals surface area contributed by atoms with E-state index in [1.807, 2.05) is 12.1 Å². The van der Waals surface area contributed by atoms with Crippen molar-refractivity contribution in [1.29, 1.82) is 0 Å². The minimum atomic E-state index is -0.524. The average Bonchev–Trinajstić information content (AvgIpc) is 2.85. The summed E-state index contributed by atoms with van der Waals surface area (Å²) in [7, 11) is 0. The fourth-order valence-corrected chi connectivity index (χ4v) is 1.90. The molecule has 7 nitrogen and oxygen atoms in total. The summed E-state index contributed by atoms with van der Waals surface area (Å²) < 4.78 is 0. The second kappa shape index (κ2) is 4.87. The molecule has 0 radical (unpaired) electrons. The van der Waals surface area contributed by atoms with Crippen LogP contribution in [-0.4, -0.2) is 23.5 Å². The second-order valence-corrected chi connectivity index (χ2v) is 4.27. The molecule has 0 aliphatic carbocycles. The van der Waals surface area contributed by atoms with E-state index in [1.165, 1.54) is 0 Å². The normalized spacial score (nSPS) is 18.0. The number of nitrogens with zero attached hydrogens (tertiary/aromatic N) is 1. The lowest BCUT2D eigenvalue weighted by Gasteiger charge is -2.25. The summed E-state index contributed by atoms with van der Waals surface area (Å²) in [5, 5.41) is 3.34. The van der Waals surface area contributed by atoms with Gasteiger partial charge in [0.25, 0.3) is 0 Å². The molecule has 1 aromatic rings. The van der Waals surface area contributed by atoms with Crippen LogP contribution in [-0.2, 0) is 27.7 Å². The van der Waals surface area contributed by atoms with Crippen molar-refractivity contribution in [3.8, 4) is 5.75 Å². The number of carbonyl (C=O) groups is 2. The maximum Gasteiger partial charge on any atom is 0.347 e. The van der Waals surface area contributed by atoms with Gasteiger partial charge >= 0.3 is 6.03 Å². The van der Waals surface area contributed by atoms with Crippen LogP contribution < -0.4 is 10.2 Å². The van der Waals surface area contributed by atoms with Crippen LogP contribution in [0.2, 0.25) is 0 Å². The zero-order chi connectivity index (χ0) is 13.2. The molecule has 0 saturated carbocycles. The average molecular weight is 264 g/mol. The van der Waals surface area contributed by atoms with Crippen LogP contribution >= 0.6 is 0 Å². The maximum absolute atomic E-state index is 11.4. The highest BCUT2D eigenvalue weighted by Gasteiger charge is 2.24. The lowest BCUT2D eigenvalue weighted by Crippen LogP contribution is -2.49. The molecule has 3 rings (SSSR count). The Morgan fingerprint density at radius 2 is 2.26 bits per heavy atom. The first-order valence-corrected chi connectivity index (χ1v) is 5.88. The highest BCUT2D eigenvalue weighted by Crippen LogP contribution is 2.27. The Morgan fingerprint density at radius 3 is 3.11 bits per heavy atom. The van der Waals surface area contributed by atoms with Gasteiger partial charge in [-0.05, 0) is 17.7 Å². The summed E-state index contributed by atoms with van der Waals surface area (Å²) in [6.07, 6.45) is 0.248. The number of hydrogen-bond acceptors (Lipinski definition) is 5. The summed E-state index contributed by atoms with van der Waals surface area (Å²) in [4.78, 5) is 37.6. The second-order valence-electron chi connectivity index (χ2n) is 4.27. The number of hydroxylamine groups is 2. The number of amides is 3. The molecule has 0 bridgehead atoms. The van der Waals surface area contributed by atoms with Gasteiger partial charge in [-0.3, -0.25) is 14.9 Å². The van der Waals surface area contributed by atoms with Crippen LogP contribution in [0.15, 0.2) is 18.2 Å². The highest BCUT2D eigenvalue weighted by molar-refractivity contribution is 5.96. The molecule has 2 aliphatic heterocycles. The first-order chi connectivity index (χ1) is 9.22. The van der Waals surface area contributed by atoms with Crippen LogP contribution in [0.5, 0.6) is 5.75 Å². The molecule has 100 valence electrons. The third-order valence-electron chi connectivity index (χ3n) is 2.89. The Balaban J connectivity index is 1.60. The van der Waals surface area contributed by atoms with Gasteiger partial charge in [-0.25, -0.2) is 9.86 Å². The first-order valence-electron chi connectivity index (χ1n) is 5.88. The summed E-state index contributed by atoms with van der Waals surface area (Å²) in [5.74, 6) is 0.418. The number of imide groups is 1. The van der Waals surface area contributed by atoms with Gasteiger partial charge in [-0.1, -0.05) is 6.07 Å². The molecule has 2 heterocycles. The summed E-state index contributed by atoms with van der Waals surface area (Å²) in [6.45, 7) is 0.915. The Bertz CT molecular complexity index is 531. The standard InChI is InChI=1S/C12H12N2O5/c15-11-3-4-14(12(16)13-11)17-6-8-1-2-10-9(5-8)7-18-19-10/h1-2,5H,3-4,6-7H2,(H,13,15,16). The summed E-state index contributed by atoms with van der Waals surface area (Å²) >= 11 is 0. The molecule has 1 fully saturated rings. The van der Waals surface area contributed by atoms with Gasteiger partial charge in [-0.15, -0.1) is 0 Å². The van der Waals surface area contributed by atoms with Crippen LogP contribution in [0.25, 0.3) is 0 Å². The van der Waals surface area contributed by atoms with Crippen molar-refractivity contribution >= 4 is 11.9 Å². The van der Waals surface area contributed by atoms with Crippen molar-refractivity contribution in [3.05, 3.63) is 29.3 Å². The van der Waals surface area contributed by atoms with Crippen LogP contribution in [0, 0.1) is 0 Å². The predicted octanol–water partition coefficient (Wildman–Crippen LogP) is 0.884. The van der Waals surface area contributed by atoms with E-state index < -0.39 is 6.03 Å². The first kappa shape index (κ1) is 11.9. The Morgan fingerprint density at radius 1 is 1.37 bits per heavy atom. The number of rotatable bonds is 3. The Kier molecular flexibility index (Phi) is 3.06. The Hall–Kier alpha value is -2.12. The van der Waals surface area contributed by atoms with E-state index in [0.717, 1.165) is 16.2 Å². The van der Waals surface area contributed by atoms with Crippen LogP contribution in [0.3, 0.4) is 0 Å². The van der Waals surface area contributed by atoms with Gasteiger partial charge in [0.2, 0.25) is 5.91 Å². The topological polar surface area (TPSA) is 77.1 Å². The van der Waals surface area contributed by atoms with Crippen LogP contribution in [0.1, 0.15) is 17.5 Å². The summed E-state index contributed by atoms with van der Waals surface area (Å²) in [6, 6.07) is 5.00. The molecule has 7 heteroatoms. The highest BCUT2D eigenvalue weighted by atomic mass is 17.2. The van der Waals surface area contributed by atoms with Gasteiger partial charge in [0, 0.05) is 12.0 Å². The molecular formula is C12H12N2O5.